The Morgan fingerprint density at radius 2 is 1.73 bits per heavy atom. The standard InChI is InChI=1S/C30H30ClN7O2/c1-39-23-14-24(27(31)26(15-23)40-2)25-13-20-16-32-30(35-28(20)38-17-33-36-29(25)38)34-21-5-3-18(4-6-21)19-9-11-37(12-10-19)22-7-8-22/h3-6,13-17,19,22H,7-12H2,1-2H3,(H,32,34,35). The van der Waals surface area contributed by atoms with Crippen molar-refractivity contribution in [3.05, 3.63) is 65.6 Å². The highest BCUT2D eigenvalue weighted by Crippen LogP contribution is 2.41. The van der Waals surface area contributed by atoms with Gasteiger partial charge in [-0.05, 0) is 74.5 Å². The summed E-state index contributed by atoms with van der Waals surface area (Å²) in [5, 5.41) is 13.2. The number of benzene rings is 2. The van der Waals surface area contributed by atoms with Crippen molar-refractivity contribution in [1.29, 1.82) is 0 Å². The first-order valence-corrected chi connectivity index (χ1v) is 14.0. The van der Waals surface area contributed by atoms with E-state index >= 15 is 0 Å². The van der Waals surface area contributed by atoms with E-state index in [9.17, 15) is 0 Å². The van der Waals surface area contributed by atoms with E-state index in [0.29, 0.717) is 39.7 Å². The van der Waals surface area contributed by atoms with Gasteiger partial charge in [0.25, 0.3) is 0 Å². The van der Waals surface area contributed by atoms with Crippen LogP contribution in [-0.2, 0) is 0 Å². The lowest BCUT2D eigenvalue weighted by atomic mass is 9.89. The van der Waals surface area contributed by atoms with Crippen LogP contribution in [0.3, 0.4) is 0 Å². The number of aromatic nitrogens is 5. The van der Waals surface area contributed by atoms with E-state index in [2.05, 4.69) is 49.7 Å². The van der Waals surface area contributed by atoms with Gasteiger partial charge in [0.15, 0.2) is 11.3 Å². The molecule has 10 heteroatoms. The molecule has 1 aliphatic carbocycles. The summed E-state index contributed by atoms with van der Waals surface area (Å²) in [7, 11) is 3.18. The fourth-order valence-electron chi connectivity index (χ4n) is 5.77. The summed E-state index contributed by atoms with van der Waals surface area (Å²) in [6.07, 6.45) is 8.69. The molecule has 9 nitrogen and oxygen atoms in total. The molecule has 7 rings (SSSR count). The maximum atomic E-state index is 6.71. The monoisotopic (exact) mass is 555 g/mol. The molecule has 1 N–H and O–H groups in total. The lowest BCUT2D eigenvalue weighted by molar-refractivity contribution is 0.203. The number of piperidine rings is 1. The Hall–Kier alpha value is -3.95. The van der Waals surface area contributed by atoms with Crippen molar-refractivity contribution in [2.75, 3.05) is 32.6 Å². The van der Waals surface area contributed by atoms with Crippen LogP contribution in [-0.4, -0.2) is 62.8 Å². The first kappa shape index (κ1) is 25.0. The molecule has 0 bridgehead atoms. The van der Waals surface area contributed by atoms with Crippen LogP contribution in [0, 0.1) is 0 Å². The molecule has 204 valence electrons. The Morgan fingerprint density at radius 1 is 0.925 bits per heavy atom. The third kappa shape index (κ3) is 4.59. The molecule has 1 saturated carbocycles. The van der Waals surface area contributed by atoms with Crippen molar-refractivity contribution >= 4 is 39.9 Å². The van der Waals surface area contributed by atoms with Crippen molar-refractivity contribution in [3.8, 4) is 22.6 Å². The number of nitrogens with one attached hydrogen (secondary N) is 1. The van der Waals surface area contributed by atoms with E-state index in [1.807, 2.05) is 16.5 Å². The van der Waals surface area contributed by atoms with Crippen LogP contribution in [0.25, 0.3) is 27.8 Å². The molecule has 0 spiro atoms. The van der Waals surface area contributed by atoms with Crippen LogP contribution in [0.15, 0.2) is 55.0 Å². The zero-order valence-corrected chi connectivity index (χ0v) is 23.2. The van der Waals surface area contributed by atoms with E-state index < -0.39 is 0 Å². The number of halogens is 1. The van der Waals surface area contributed by atoms with Crippen LogP contribution in [0.1, 0.15) is 37.2 Å². The average Bonchev–Trinajstić information content (AvgIpc) is 3.73. The number of likely N-dealkylation sites (tertiary alicyclic amines) is 1. The number of nitrogens with zero attached hydrogens (tertiary/aromatic N) is 6. The van der Waals surface area contributed by atoms with Gasteiger partial charge in [0.1, 0.15) is 17.8 Å². The van der Waals surface area contributed by atoms with E-state index in [-0.39, 0.29) is 0 Å². The Morgan fingerprint density at radius 3 is 2.45 bits per heavy atom. The van der Waals surface area contributed by atoms with Crippen molar-refractivity contribution in [2.24, 2.45) is 0 Å². The average molecular weight is 556 g/mol. The number of methoxy groups -OCH3 is 2. The molecule has 5 aromatic rings. The van der Waals surface area contributed by atoms with E-state index in [1.54, 1.807) is 32.8 Å². The Balaban J connectivity index is 1.16. The van der Waals surface area contributed by atoms with Crippen molar-refractivity contribution in [2.45, 2.75) is 37.6 Å². The summed E-state index contributed by atoms with van der Waals surface area (Å²) in [6, 6.07) is 15.1. The van der Waals surface area contributed by atoms with Gasteiger partial charge in [-0.25, -0.2) is 4.98 Å². The minimum atomic E-state index is 0.462. The summed E-state index contributed by atoms with van der Waals surface area (Å²) in [4.78, 5) is 12.1. The molecule has 0 unspecified atom stereocenters. The highest BCUT2D eigenvalue weighted by Gasteiger charge is 2.32. The van der Waals surface area contributed by atoms with Crippen molar-refractivity contribution in [3.63, 3.8) is 0 Å². The summed E-state index contributed by atoms with van der Waals surface area (Å²) in [6.45, 7) is 2.44. The second kappa shape index (κ2) is 10.2. The zero-order chi connectivity index (χ0) is 27.2. The van der Waals surface area contributed by atoms with Gasteiger partial charge in [0.05, 0.1) is 19.2 Å². The van der Waals surface area contributed by atoms with Gasteiger partial charge in [-0.3, -0.25) is 4.40 Å². The minimum Gasteiger partial charge on any atom is -0.497 e. The Bertz CT molecular complexity index is 1690. The molecule has 2 aliphatic rings. The van der Waals surface area contributed by atoms with Gasteiger partial charge in [-0.2, -0.15) is 4.98 Å². The van der Waals surface area contributed by atoms with Gasteiger partial charge < -0.3 is 19.7 Å². The van der Waals surface area contributed by atoms with Gasteiger partial charge in [-0.1, -0.05) is 23.7 Å². The SMILES string of the molecule is COc1cc(OC)c(Cl)c(-c2cc3cnc(Nc4ccc(C5CCN(C6CC6)CC5)cc4)nc3n3cnnc23)c1. The second-order valence-corrected chi connectivity index (χ2v) is 10.9. The predicted molar refractivity (Wildman–Crippen MR) is 156 cm³/mol. The maximum Gasteiger partial charge on any atom is 0.229 e. The van der Waals surface area contributed by atoms with E-state index in [4.69, 9.17) is 26.1 Å². The molecule has 4 heterocycles. The van der Waals surface area contributed by atoms with Gasteiger partial charge in [-0.15, -0.1) is 10.2 Å². The highest BCUT2D eigenvalue weighted by molar-refractivity contribution is 6.35. The smallest absolute Gasteiger partial charge is 0.229 e. The molecule has 2 aromatic carbocycles. The lowest BCUT2D eigenvalue weighted by Crippen LogP contribution is -2.34. The number of hydrogen-bond donors (Lipinski definition) is 1. The van der Waals surface area contributed by atoms with Crippen LogP contribution in [0.5, 0.6) is 11.5 Å². The molecule has 0 atom stereocenters. The van der Waals surface area contributed by atoms with Gasteiger partial charge in [0, 0.05) is 40.5 Å². The summed E-state index contributed by atoms with van der Waals surface area (Å²) >= 11 is 6.71. The van der Waals surface area contributed by atoms with Crippen molar-refractivity contribution in [1.82, 2.24) is 29.5 Å². The van der Waals surface area contributed by atoms with Crippen molar-refractivity contribution < 1.29 is 9.47 Å². The molecule has 1 saturated heterocycles. The minimum absolute atomic E-state index is 0.462. The van der Waals surface area contributed by atoms with E-state index in [1.165, 1.54) is 44.3 Å². The van der Waals surface area contributed by atoms with Gasteiger partial charge >= 0.3 is 0 Å². The summed E-state index contributed by atoms with van der Waals surface area (Å²) in [5.41, 5.74) is 5.16. The van der Waals surface area contributed by atoms with Crippen LogP contribution in [0.2, 0.25) is 5.02 Å². The topological polar surface area (TPSA) is 89.7 Å². The molecule has 1 aliphatic heterocycles. The number of ether oxygens (including phenoxy) is 2. The highest BCUT2D eigenvalue weighted by atomic mass is 35.5. The number of rotatable bonds is 7. The number of anilines is 2. The molecule has 0 radical (unpaired) electrons. The first-order chi connectivity index (χ1) is 19.6. The third-order valence-electron chi connectivity index (χ3n) is 8.10. The number of hydrogen-bond acceptors (Lipinski definition) is 8. The fourth-order valence-corrected chi connectivity index (χ4v) is 6.06. The molecule has 40 heavy (non-hydrogen) atoms. The predicted octanol–water partition coefficient (Wildman–Crippen LogP) is 6.10. The Kier molecular flexibility index (Phi) is 6.40. The normalized spacial score (nSPS) is 16.5. The second-order valence-electron chi connectivity index (χ2n) is 10.5. The molecule has 2 fully saturated rings. The first-order valence-electron chi connectivity index (χ1n) is 13.6. The molecule has 3 aromatic heterocycles. The summed E-state index contributed by atoms with van der Waals surface area (Å²) < 4.78 is 12.8. The molecular weight excluding hydrogens is 526 g/mol. The van der Waals surface area contributed by atoms with Gasteiger partial charge in [0.2, 0.25) is 5.95 Å². The summed E-state index contributed by atoms with van der Waals surface area (Å²) in [5.74, 6) is 2.27. The number of fused-ring (bicyclic) bond motifs is 3. The largest absolute Gasteiger partial charge is 0.497 e. The van der Waals surface area contributed by atoms with Crippen LogP contribution < -0.4 is 14.8 Å². The molecular formula is C30H30ClN7O2. The molecule has 0 amide bonds. The van der Waals surface area contributed by atoms with Crippen LogP contribution >= 0.6 is 11.6 Å². The lowest BCUT2D eigenvalue weighted by Gasteiger charge is -2.32. The van der Waals surface area contributed by atoms with E-state index in [0.717, 1.165) is 28.2 Å². The van der Waals surface area contributed by atoms with Crippen LogP contribution in [0.4, 0.5) is 11.6 Å². The fraction of sp³-hybridized carbons (Fsp3) is 0.333. The third-order valence-corrected chi connectivity index (χ3v) is 8.49. The zero-order valence-electron chi connectivity index (χ0n) is 22.5. The maximum absolute atomic E-state index is 6.71. The Labute approximate surface area is 237 Å². The number of pyridine rings is 1. The quantitative estimate of drug-likeness (QED) is 0.258.